The maximum absolute atomic E-state index is 12.8. The van der Waals surface area contributed by atoms with Gasteiger partial charge in [0.05, 0.1) is 19.8 Å². The van der Waals surface area contributed by atoms with E-state index in [4.69, 9.17) is 4.74 Å². The van der Waals surface area contributed by atoms with Gasteiger partial charge in [0, 0.05) is 26.3 Å². The highest BCUT2D eigenvalue weighted by molar-refractivity contribution is 5.77. The number of hydrogen-bond acceptors (Lipinski definition) is 5. The predicted octanol–water partition coefficient (Wildman–Crippen LogP) is 1.22. The lowest BCUT2D eigenvalue weighted by Crippen LogP contribution is -2.50. The van der Waals surface area contributed by atoms with Crippen molar-refractivity contribution in [2.45, 2.75) is 25.7 Å². The highest BCUT2D eigenvalue weighted by Gasteiger charge is 2.40. The molecule has 0 bridgehead atoms. The van der Waals surface area contributed by atoms with Gasteiger partial charge >= 0.3 is 6.03 Å². The van der Waals surface area contributed by atoms with Crippen molar-refractivity contribution in [3.63, 3.8) is 0 Å². The van der Waals surface area contributed by atoms with Gasteiger partial charge < -0.3 is 25.1 Å². The minimum absolute atomic E-state index is 0.0719. The third kappa shape index (κ3) is 3.80. The summed E-state index contributed by atoms with van der Waals surface area (Å²) in [4.78, 5) is 16.2. The topological polar surface area (TPSA) is 68.3 Å². The van der Waals surface area contributed by atoms with E-state index in [9.17, 15) is 9.90 Å². The zero-order chi connectivity index (χ0) is 17.7. The predicted molar refractivity (Wildman–Crippen MR) is 92.1 cm³/mol. The van der Waals surface area contributed by atoms with Crippen LogP contribution in [0, 0.1) is 0 Å². The Morgan fingerprint density at radius 3 is 2.96 bits per heavy atom. The fourth-order valence-corrected chi connectivity index (χ4v) is 2.82. The number of carbonyl (C=O) groups is 1. The molecule has 2 N–H and O–H groups in total. The summed E-state index contributed by atoms with van der Waals surface area (Å²) in [6.45, 7) is 6.39. The van der Waals surface area contributed by atoms with Crippen LogP contribution in [0.2, 0.25) is 0 Å². The summed E-state index contributed by atoms with van der Waals surface area (Å²) in [5, 5.41) is 11.5. The first kappa shape index (κ1) is 18.1. The first-order valence-electron chi connectivity index (χ1n) is 7.92. The number of rotatable bonds is 8. The second kappa shape index (κ2) is 8.03. The number of nitrogens with one attached hydrogen (secondary N) is 1. The van der Waals surface area contributed by atoms with E-state index in [0.29, 0.717) is 13.1 Å². The average Bonchev–Trinajstić information content (AvgIpc) is 2.90. The summed E-state index contributed by atoms with van der Waals surface area (Å²) in [6.07, 6.45) is 1.40. The molecular weight excluding hydrogens is 308 g/mol. The molecule has 2 rings (SSSR count). The van der Waals surface area contributed by atoms with E-state index < -0.39 is 0 Å². The fraction of sp³-hybridized carbons (Fsp3) is 0.471. The lowest BCUT2D eigenvalue weighted by molar-refractivity contribution is 0.0826. The van der Waals surface area contributed by atoms with E-state index in [2.05, 4.69) is 12.0 Å². The van der Waals surface area contributed by atoms with Gasteiger partial charge in [0.1, 0.15) is 11.9 Å². The van der Waals surface area contributed by atoms with Crippen molar-refractivity contribution in [1.29, 1.82) is 0 Å². The molecule has 132 valence electrons. The van der Waals surface area contributed by atoms with Gasteiger partial charge in [0.2, 0.25) is 0 Å². The zero-order valence-electron chi connectivity index (χ0n) is 14.5. The number of carbonyl (C=O) groups excluding carboxylic acids is 1. The van der Waals surface area contributed by atoms with E-state index in [1.54, 1.807) is 28.1 Å². The lowest BCUT2D eigenvalue weighted by atomic mass is 10.2. The van der Waals surface area contributed by atoms with Gasteiger partial charge in [-0.1, -0.05) is 18.7 Å². The molecule has 2 unspecified atom stereocenters. The minimum atomic E-state index is -0.233. The van der Waals surface area contributed by atoms with Crippen LogP contribution in [0.1, 0.15) is 12.5 Å². The van der Waals surface area contributed by atoms with Crippen LogP contribution in [0.25, 0.3) is 0 Å². The quantitative estimate of drug-likeness (QED) is 0.700. The second-order valence-corrected chi connectivity index (χ2v) is 5.83. The van der Waals surface area contributed by atoms with Crippen LogP contribution in [-0.4, -0.2) is 65.5 Å². The number of benzene rings is 1. The standard InChI is InChI=1S/C17H26N4O3/c1-5-18-19(3)13(2)20-11-15(12-22)21(17(20)23)10-14-7-6-8-16(9-14)24-4/h5-9,13,15,18,22H,1,10-12H2,2-4H3. The molecular formula is C17H26N4O3. The molecule has 2 atom stereocenters. The van der Waals surface area contributed by atoms with Gasteiger partial charge in [-0.05, 0) is 24.6 Å². The van der Waals surface area contributed by atoms with Crippen LogP contribution in [0.3, 0.4) is 0 Å². The number of ether oxygens (including phenoxy) is 1. The number of aliphatic hydroxyl groups is 1. The van der Waals surface area contributed by atoms with E-state index in [1.807, 2.05) is 38.2 Å². The van der Waals surface area contributed by atoms with Crippen LogP contribution < -0.4 is 10.2 Å². The van der Waals surface area contributed by atoms with Gasteiger partial charge in [-0.15, -0.1) is 0 Å². The van der Waals surface area contributed by atoms with Crippen LogP contribution >= 0.6 is 0 Å². The number of aliphatic hydroxyl groups excluding tert-OH is 1. The summed E-state index contributed by atoms with van der Waals surface area (Å²) < 4.78 is 5.23. The Balaban J connectivity index is 2.14. The first-order chi connectivity index (χ1) is 11.5. The van der Waals surface area contributed by atoms with Crippen molar-refractivity contribution in [2.75, 3.05) is 27.3 Å². The Bertz CT molecular complexity index is 581. The molecule has 0 spiro atoms. The van der Waals surface area contributed by atoms with Gasteiger partial charge in [0.25, 0.3) is 0 Å². The summed E-state index contributed by atoms with van der Waals surface area (Å²) in [5.41, 5.74) is 3.93. The summed E-state index contributed by atoms with van der Waals surface area (Å²) >= 11 is 0. The van der Waals surface area contributed by atoms with E-state index in [1.165, 1.54) is 0 Å². The van der Waals surface area contributed by atoms with Crippen molar-refractivity contribution in [2.24, 2.45) is 0 Å². The molecule has 24 heavy (non-hydrogen) atoms. The largest absolute Gasteiger partial charge is 0.497 e. The SMILES string of the molecule is C=CNN(C)C(C)N1CC(CO)N(Cc2cccc(OC)c2)C1=O. The number of hydrogen-bond donors (Lipinski definition) is 2. The van der Waals surface area contributed by atoms with Crippen LogP contribution in [0.5, 0.6) is 5.75 Å². The maximum Gasteiger partial charge on any atom is 0.322 e. The molecule has 1 saturated heterocycles. The third-order valence-corrected chi connectivity index (χ3v) is 4.34. The molecule has 2 amide bonds. The molecule has 7 nitrogen and oxygen atoms in total. The molecule has 0 aromatic heterocycles. The van der Waals surface area contributed by atoms with Crippen molar-refractivity contribution in [3.8, 4) is 5.75 Å². The van der Waals surface area contributed by atoms with Crippen LogP contribution in [0.4, 0.5) is 4.79 Å². The number of methoxy groups -OCH3 is 1. The molecule has 1 aromatic carbocycles. The average molecular weight is 334 g/mol. The van der Waals surface area contributed by atoms with Crippen molar-refractivity contribution in [3.05, 3.63) is 42.6 Å². The van der Waals surface area contributed by atoms with Gasteiger partial charge in [0.15, 0.2) is 0 Å². The number of hydrazine groups is 1. The summed E-state index contributed by atoms with van der Waals surface area (Å²) in [6, 6.07) is 7.28. The molecule has 1 aromatic rings. The van der Waals surface area contributed by atoms with E-state index in [0.717, 1.165) is 11.3 Å². The Labute approximate surface area is 143 Å². The number of nitrogens with zero attached hydrogens (tertiary/aromatic N) is 3. The Kier molecular flexibility index (Phi) is 6.05. The van der Waals surface area contributed by atoms with Crippen molar-refractivity contribution in [1.82, 2.24) is 20.2 Å². The third-order valence-electron chi connectivity index (χ3n) is 4.34. The molecule has 1 aliphatic heterocycles. The van der Waals surface area contributed by atoms with E-state index in [-0.39, 0.29) is 24.8 Å². The second-order valence-electron chi connectivity index (χ2n) is 5.83. The lowest BCUT2D eigenvalue weighted by Gasteiger charge is -2.32. The molecule has 0 aliphatic carbocycles. The maximum atomic E-state index is 12.8. The molecule has 1 heterocycles. The monoisotopic (exact) mass is 334 g/mol. The first-order valence-corrected chi connectivity index (χ1v) is 7.92. The smallest absolute Gasteiger partial charge is 0.322 e. The molecule has 1 aliphatic rings. The zero-order valence-corrected chi connectivity index (χ0v) is 14.5. The summed E-state index contributed by atoms with van der Waals surface area (Å²) in [5.74, 6) is 0.750. The molecule has 1 fully saturated rings. The van der Waals surface area contributed by atoms with Crippen molar-refractivity contribution < 1.29 is 14.6 Å². The molecule has 7 heteroatoms. The van der Waals surface area contributed by atoms with Crippen molar-refractivity contribution >= 4 is 6.03 Å². The Morgan fingerprint density at radius 1 is 1.58 bits per heavy atom. The molecule has 0 radical (unpaired) electrons. The summed E-state index contributed by atoms with van der Waals surface area (Å²) in [7, 11) is 3.46. The van der Waals surface area contributed by atoms with Crippen LogP contribution in [0.15, 0.2) is 37.0 Å². The Hall–Kier alpha value is -2.25. The highest BCUT2D eigenvalue weighted by Crippen LogP contribution is 2.23. The molecule has 0 saturated carbocycles. The fourth-order valence-electron chi connectivity index (χ4n) is 2.82. The minimum Gasteiger partial charge on any atom is -0.497 e. The van der Waals surface area contributed by atoms with Gasteiger partial charge in [-0.2, -0.15) is 0 Å². The highest BCUT2D eigenvalue weighted by atomic mass is 16.5. The van der Waals surface area contributed by atoms with Gasteiger partial charge in [-0.25, -0.2) is 9.80 Å². The normalized spacial score (nSPS) is 18.9. The van der Waals surface area contributed by atoms with E-state index >= 15 is 0 Å². The number of urea groups is 1. The number of amides is 2. The van der Waals surface area contributed by atoms with Gasteiger partial charge in [-0.3, -0.25) is 0 Å². The van der Waals surface area contributed by atoms with Crippen LogP contribution in [-0.2, 0) is 6.54 Å². The Morgan fingerprint density at radius 2 is 2.33 bits per heavy atom.